The lowest BCUT2D eigenvalue weighted by Crippen LogP contribution is -2.11. The molecule has 0 atom stereocenters. The van der Waals surface area contributed by atoms with Gasteiger partial charge in [0, 0.05) is 11.8 Å². The third-order valence-corrected chi connectivity index (χ3v) is 3.28. The lowest BCUT2D eigenvalue weighted by atomic mass is 9.99. The summed E-state index contributed by atoms with van der Waals surface area (Å²) in [6.45, 7) is 10.6. The monoisotopic (exact) mass is 271 g/mol. The minimum Gasteiger partial charge on any atom is -0.329 e. The molecule has 1 aromatic heterocycles. The molecule has 0 spiro atoms. The van der Waals surface area contributed by atoms with Gasteiger partial charge in [0.1, 0.15) is 0 Å². The number of aromatic nitrogens is 1. The first-order chi connectivity index (χ1) is 9.43. The Kier molecular flexibility index (Phi) is 6.23. The Hall–Kier alpha value is -1.83. The maximum Gasteiger partial charge on any atom is 0.251 e. The first kappa shape index (κ1) is 16.2. The number of aromatic amines is 1. The summed E-state index contributed by atoms with van der Waals surface area (Å²) in [5.41, 5.74) is 3.74. The molecule has 0 saturated carbocycles. The Bertz CT molecular complexity index is 582. The van der Waals surface area contributed by atoms with Gasteiger partial charge in [0.2, 0.25) is 0 Å². The predicted molar refractivity (Wildman–Crippen MR) is 86.4 cm³/mol. The van der Waals surface area contributed by atoms with E-state index in [9.17, 15) is 4.79 Å². The summed E-state index contributed by atoms with van der Waals surface area (Å²) in [6, 6.07) is 12.2. The summed E-state index contributed by atoms with van der Waals surface area (Å²) < 4.78 is 0. The molecule has 0 aliphatic rings. The highest BCUT2D eigenvalue weighted by atomic mass is 16.1. The Balaban J connectivity index is 0.000000200. The van der Waals surface area contributed by atoms with Gasteiger partial charge >= 0.3 is 0 Å². The van der Waals surface area contributed by atoms with Gasteiger partial charge in [-0.2, -0.15) is 0 Å². The zero-order chi connectivity index (χ0) is 15.1. The molecule has 2 rings (SSSR count). The summed E-state index contributed by atoms with van der Waals surface area (Å²) in [7, 11) is 0. The van der Waals surface area contributed by atoms with E-state index >= 15 is 0 Å². The number of rotatable bonds is 2. The zero-order valence-electron chi connectivity index (χ0n) is 13.1. The quantitative estimate of drug-likeness (QED) is 0.849. The van der Waals surface area contributed by atoms with Crippen LogP contribution in [0.15, 0.2) is 47.4 Å². The number of H-pyrrole nitrogens is 1. The van der Waals surface area contributed by atoms with Crippen LogP contribution < -0.4 is 5.56 Å². The second-order valence-electron chi connectivity index (χ2n) is 5.62. The van der Waals surface area contributed by atoms with Crippen molar-refractivity contribution in [1.29, 1.82) is 0 Å². The Labute approximate surface area is 121 Å². The highest BCUT2D eigenvalue weighted by Gasteiger charge is 2.01. The van der Waals surface area contributed by atoms with Crippen LogP contribution in [0.4, 0.5) is 0 Å². The molecule has 0 aliphatic heterocycles. The zero-order valence-corrected chi connectivity index (χ0v) is 13.1. The Morgan fingerprint density at radius 3 is 1.80 bits per heavy atom. The van der Waals surface area contributed by atoms with E-state index in [4.69, 9.17) is 0 Å². The van der Waals surface area contributed by atoms with Crippen LogP contribution >= 0.6 is 0 Å². The van der Waals surface area contributed by atoms with E-state index in [1.165, 1.54) is 11.1 Å². The van der Waals surface area contributed by atoms with Gasteiger partial charge in [-0.25, -0.2) is 0 Å². The fourth-order valence-electron chi connectivity index (χ4n) is 2.12. The molecule has 20 heavy (non-hydrogen) atoms. The van der Waals surface area contributed by atoms with E-state index in [-0.39, 0.29) is 5.56 Å². The summed E-state index contributed by atoms with van der Waals surface area (Å²) in [4.78, 5) is 13.6. The molecule has 0 saturated heterocycles. The van der Waals surface area contributed by atoms with Gasteiger partial charge in [-0.05, 0) is 36.0 Å². The number of pyridine rings is 1. The minimum absolute atomic E-state index is 0.0255. The number of aryl methyl sites for hydroxylation is 1. The summed E-state index contributed by atoms with van der Waals surface area (Å²) in [6.07, 6.45) is 1.65. The van der Waals surface area contributed by atoms with Gasteiger partial charge in [0.25, 0.3) is 5.56 Å². The molecule has 0 fully saturated rings. The standard InChI is InChI=1S/C10H14.C8H11NO/c1-8(2)10-7-5-4-6-9(10)3;1-6(2)7-4-3-5-9-8(7)10/h4-8H,1-3H3;3-6H,1-2H3,(H,9,10). The summed E-state index contributed by atoms with van der Waals surface area (Å²) >= 11 is 0. The largest absolute Gasteiger partial charge is 0.329 e. The van der Waals surface area contributed by atoms with Crippen molar-refractivity contribution < 1.29 is 0 Å². The lowest BCUT2D eigenvalue weighted by molar-refractivity contribution is 0.844. The SMILES string of the molecule is CC(C)c1ccc[nH]c1=O.Cc1ccccc1C(C)C. The van der Waals surface area contributed by atoms with Crippen LogP contribution in [0.5, 0.6) is 0 Å². The Morgan fingerprint density at radius 2 is 1.40 bits per heavy atom. The third kappa shape index (κ3) is 4.69. The van der Waals surface area contributed by atoms with Crippen LogP contribution in [0.1, 0.15) is 56.2 Å². The fraction of sp³-hybridized carbons (Fsp3) is 0.389. The lowest BCUT2D eigenvalue weighted by Gasteiger charge is -2.07. The van der Waals surface area contributed by atoms with Crippen LogP contribution in [-0.4, -0.2) is 4.98 Å². The molecule has 108 valence electrons. The van der Waals surface area contributed by atoms with Crippen molar-refractivity contribution in [2.75, 3.05) is 0 Å². The highest BCUT2D eigenvalue weighted by Crippen LogP contribution is 2.17. The fourth-order valence-corrected chi connectivity index (χ4v) is 2.12. The third-order valence-electron chi connectivity index (χ3n) is 3.28. The molecule has 0 aliphatic carbocycles. The molecule has 1 heterocycles. The van der Waals surface area contributed by atoms with Gasteiger partial charge in [0.15, 0.2) is 0 Å². The molecule has 2 heteroatoms. The van der Waals surface area contributed by atoms with E-state index in [1.54, 1.807) is 6.20 Å². The van der Waals surface area contributed by atoms with Crippen molar-refractivity contribution in [2.45, 2.75) is 46.5 Å². The van der Waals surface area contributed by atoms with Crippen molar-refractivity contribution in [2.24, 2.45) is 0 Å². The molecule has 0 bridgehead atoms. The number of hydrogen-bond acceptors (Lipinski definition) is 1. The van der Waals surface area contributed by atoms with Crippen molar-refractivity contribution in [1.82, 2.24) is 4.98 Å². The normalized spacial score (nSPS) is 10.3. The van der Waals surface area contributed by atoms with Gasteiger partial charge in [-0.15, -0.1) is 0 Å². The van der Waals surface area contributed by atoms with E-state index in [0.717, 1.165) is 5.56 Å². The van der Waals surface area contributed by atoms with Crippen LogP contribution in [-0.2, 0) is 0 Å². The molecular formula is C18H25NO. The van der Waals surface area contributed by atoms with Crippen LogP contribution in [0, 0.1) is 6.92 Å². The smallest absolute Gasteiger partial charge is 0.251 e. The van der Waals surface area contributed by atoms with Crippen molar-refractivity contribution in [3.63, 3.8) is 0 Å². The molecule has 0 radical (unpaired) electrons. The molecule has 1 aromatic carbocycles. The highest BCUT2D eigenvalue weighted by molar-refractivity contribution is 5.27. The van der Waals surface area contributed by atoms with Gasteiger partial charge in [0.05, 0.1) is 0 Å². The Morgan fingerprint density at radius 1 is 0.850 bits per heavy atom. The number of benzene rings is 1. The van der Waals surface area contributed by atoms with Crippen LogP contribution in [0.25, 0.3) is 0 Å². The molecule has 1 N–H and O–H groups in total. The summed E-state index contributed by atoms with van der Waals surface area (Å²) in [5, 5.41) is 0. The first-order valence-corrected chi connectivity index (χ1v) is 7.16. The molecule has 0 amide bonds. The minimum atomic E-state index is 0.0255. The van der Waals surface area contributed by atoms with E-state index in [1.807, 2.05) is 26.0 Å². The van der Waals surface area contributed by atoms with Crippen molar-refractivity contribution in [3.05, 3.63) is 69.6 Å². The summed E-state index contributed by atoms with van der Waals surface area (Å²) in [5.74, 6) is 0.964. The average Bonchev–Trinajstić information content (AvgIpc) is 2.40. The second-order valence-corrected chi connectivity index (χ2v) is 5.62. The second kappa shape index (κ2) is 7.68. The molecule has 2 aromatic rings. The maximum absolute atomic E-state index is 11.0. The van der Waals surface area contributed by atoms with Crippen molar-refractivity contribution >= 4 is 0 Å². The molecule has 2 nitrogen and oxygen atoms in total. The first-order valence-electron chi connectivity index (χ1n) is 7.16. The van der Waals surface area contributed by atoms with E-state index in [2.05, 4.69) is 50.0 Å². The van der Waals surface area contributed by atoms with E-state index < -0.39 is 0 Å². The van der Waals surface area contributed by atoms with Crippen LogP contribution in [0.3, 0.4) is 0 Å². The van der Waals surface area contributed by atoms with Gasteiger partial charge in [-0.1, -0.05) is 58.0 Å². The molecule has 0 unspecified atom stereocenters. The molecular weight excluding hydrogens is 246 g/mol. The predicted octanol–water partition coefficient (Wildman–Crippen LogP) is 4.62. The number of nitrogens with one attached hydrogen (secondary N) is 1. The van der Waals surface area contributed by atoms with Crippen LogP contribution in [0.2, 0.25) is 0 Å². The average molecular weight is 271 g/mol. The van der Waals surface area contributed by atoms with Gasteiger partial charge in [-0.3, -0.25) is 4.79 Å². The van der Waals surface area contributed by atoms with E-state index in [0.29, 0.717) is 11.8 Å². The maximum atomic E-state index is 11.0. The van der Waals surface area contributed by atoms with Crippen molar-refractivity contribution in [3.8, 4) is 0 Å². The van der Waals surface area contributed by atoms with Gasteiger partial charge < -0.3 is 4.98 Å². The topological polar surface area (TPSA) is 32.9 Å². The number of hydrogen-bond donors (Lipinski definition) is 1.